The SMILES string of the molecule is C1=CC2CCC1c1ccc(cc1)-c1cc3cc(c1)-c1ccc(cc1)-c1ccc(cc1)-c1ccc(cc1)-c1cc(cc(c1)-c1ccc2cc1)-c1ccc(cc1)-c1ccc(cc1)C1CC=C3CC1. The molecular weight excluding hydrogens is 793 g/mol. The topological polar surface area (TPSA) is 0 Å². The molecule has 9 aromatic carbocycles. The third-order valence-electron chi connectivity index (χ3n) is 15.3. The lowest BCUT2D eigenvalue weighted by Crippen LogP contribution is -2.06. The molecule has 0 nitrogen and oxygen atoms in total. The van der Waals surface area contributed by atoms with Crippen molar-refractivity contribution in [3.63, 3.8) is 0 Å². The molecule has 3 atom stereocenters. The first kappa shape index (κ1) is 38.9. The maximum absolute atomic E-state index is 2.53. The van der Waals surface area contributed by atoms with Crippen molar-refractivity contribution in [2.24, 2.45) is 0 Å². The van der Waals surface area contributed by atoms with Crippen molar-refractivity contribution >= 4 is 5.57 Å². The highest BCUT2D eigenvalue weighted by atomic mass is 14.3. The summed E-state index contributed by atoms with van der Waals surface area (Å²) < 4.78 is 0. The Kier molecular flexibility index (Phi) is 9.52. The summed E-state index contributed by atoms with van der Waals surface area (Å²) in [7, 11) is 0. The van der Waals surface area contributed by atoms with E-state index in [1.807, 2.05) is 0 Å². The molecule has 0 saturated heterocycles. The molecule has 0 N–H and O–H groups in total. The molecule has 0 heteroatoms. The van der Waals surface area contributed by atoms with Crippen LogP contribution in [0.25, 0.3) is 94.6 Å². The summed E-state index contributed by atoms with van der Waals surface area (Å²) in [5.41, 5.74) is 26.8. The predicted molar refractivity (Wildman–Crippen MR) is 278 cm³/mol. The van der Waals surface area contributed by atoms with Crippen LogP contribution in [0, 0.1) is 0 Å². The van der Waals surface area contributed by atoms with E-state index in [1.165, 1.54) is 117 Å². The molecule has 53 rings (SSSR count). The fourth-order valence-electron chi connectivity index (χ4n) is 11.3. The summed E-state index contributed by atoms with van der Waals surface area (Å²) in [5.74, 6) is 1.36. The second-order valence-electron chi connectivity index (χ2n) is 19.1. The second kappa shape index (κ2) is 16.2. The van der Waals surface area contributed by atoms with Gasteiger partial charge in [0.2, 0.25) is 0 Å². The smallest absolute Gasteiger partial charge is 0.00185 e. The van der Waals surface area contributed by atoms with E-state index in [2.05, 4.69) is 224 Å². The molecule has 0 aliphatic heterocycles. The monoisotopic (exact) mass is 842 g/mol. The maximum Gasteiger partial charge on any atom is 0.00185 e. The van der Waals surface area contributed by atoms with Gasteiger partial charge in [-0.05, 0) is 191 Å². The van der Waals surface area contributed by atoms with Crippen LogP contribution in [0.5, 0.6) is 0 Å². The van der Waals surface area contributed by atoms with E-state index in [4.69, 9.17) is 0 Å². The van der Waals surface area contributed by atoms with Gasteiger partial charge >= 0.3 is 0 Å². The Bertz CT molecular complexity index is 3310. The molecule has 0 fully saturated rings. The molecule has 44 aliphatic rings. The van der Waals surface area contributed by atoms with Crippen LogP contribution in [0.1, 0.15) is 72.1 Å². The minimum absolute atomic E-state index is 0.418. The number of hydrogen-bond donors (Lipinski definition) is 0. The molecule has 24 bridgehead atoms. The fraction of sp³-hybridized carbons (Fsp3) is 0.121. The van der Waals surface area contributed by atoms with E-state index in [0.29, 0.717) is 17.8 Å². The molecule has 3 unspecified atom stereocenters. The van der Waals surface area contributed by atoms with Crippen LogP contribution >= 0.6 is 0 Å². The largest absolute Gasteiger partial charge is 0.0804 e. The van der Waals surface area contributed by atoms with Crippen LogP contribution in [-0.4, -0.2) is 0 Å². The van der Waals surface area contributed by atoms with Crippen molar-refractivity contribution in [3.8, 4) is 89.0 Å². The van der Waals surface area contributed by atoms with Crippen LogP contribution in [-0.2, 0) is 0 Å². The molecule has 314 valence electrons. The Morgan fingerprint density at radius 3 is 0.773 bits per heavy atom. The summed E-state index contributed by atoms with van der Waals surface area (Å²) in [4.78, 5) is 0. The minimum atomic E-state index is 0.418. The van der Waals surface area contributed by atoms with Gasteiger partial charge in [-0.15, -0.1) is 0 Å². The van der Waals surface area contributed by atoms with Gasteiger partial charge in [0, 0.05) is 11.8 Å². The van der Waals surface area contributed by atoms with Gasteiger partial charge in [-0.1, -0.05) is 188 Å². The van der Waals surface area contributed by atoms with Gasteiger partial charge in [0.05, 0.1) is 0 Å². The van der Waals surface area contributed by atoms with Gasteiger partial charge in [-0.3, -0.25) is 0 Å². The zero-order valence-electron chi connectivity index (χ0n) is 37.1. The summed E-state index contributed by atoms with van der Waals surface area (Å²) in [6.07, 6.45) is 13.0. The van der Waals surface area contributed by atoms with Crippen LogP contribution < -0.4 is 0 Å². The third kappa shape index (κ3) is 7.28. The van der Waals surface area contributed by atoms with E-state index in [1.54, 1.807) is 0 Å². The number of hydrogen-bond acceptors (Lipinski definition) is 0. The zero-order chi connectivity index (χ0) is 43.6. The lowest BCUT2D eigenvalue weighted by Gasteiger charge is -2.24. The highest BCUT2D eigenvalue weighted by molar-refractivity contribution is 5.85. The van der Waals surface area contributed by atoms with Gasteiger partial charge in [-0.25, -0.2) is 0 Å². The second-order valence-corrected chi connectivity index (χ2v) is 19.1. The number of benzene rings is 9. The van der Waals surface area contributed by atoms with E-state index in [9.17, 15) is 0 Å². The lowest BCUT2D eigenvalue weighted by molar-refractivity contribution is 0.601. The zero-order valence-corrected chi connectivity index (χ0v) is 37.1. The minimum Gasteiger partial charge on any atom is -0.0804 e. The van der Waals surface area contributed by atoms with Crippen molar-refractivity contribution < 1.29 is 0 Å². The Balaban J connectivity index is 1.00. The summed E-state index contributed by atoms with van der Waals surface area (Å²) in [5, 5.41) is 0. The first-order chi connectivity index (χ1) is 32.6. The molecule has 66 heavy (non-hydrogen) atoms. The summed E-state index contributed by atoms with van der Waals surface area (Å²) in [6.45, 7) is 0. The average molecular weight is 843 g/mol. The van der Waals surface area contributed by atoms with Crippen molar-refractivity contribution in [2.75, 3.05) is 0 Å². The van der Waals surface area contributed by atoms with Gasteiger partial charge in [-0.2, -0.15) is 0 Å². The Morgan fingerprint density at radius 2 is 0.500 bits per heavy atom. The van der Waals surface area contributed by atoms with Crippen molar-refractivity contribution in [3.05, 3.63) is 247 Å². The highest BCUT2D eigenvalue weighted by Crippen LogP contribution is 2.42. The molecule has 0 radical (unpaired) electrons. The van der Waals surface area contributed by atoms with E-state index >= 15 is 0 Å². The predicted octanol–water partition coefficient (Wildman–Crippen LogP) is 18.2. The van der Waals surface area contributed by atoms with Crippen LogP contribution in [0.2, 0.25) is 0 Å². The Labute approximate surface area is 389 Å². The Hall–Kier alpha value is -7.54. The van der Waals surface area contributed by atoms with Gasteiger partial charge in [0.1, 0.15) is 0 Å². The average Bonchev–Trinajstić information content (AvgIpc) is 3.41. The Morgan fingerprint density at radius 1 is 0.242 bits per heavy atom. The van der Waals surface area contributed by atoms with E-state index < -0.39 is 0 Å². The fourth-order valence-corrected chi connectivity index (χ4v) is 11.3. The number of rotatable bonds is 0. The molecule has 0 saturated carbocycles. The maximum atomic E-state index is 2.53. The van der Waals surface area contributed by atoms with Gasteiger partial charge < -0.3 is 0 Å². The first-order valence-corrected chi connectivity index (χ1v) is 24.0. The first-order valence-electron chi connectivity index (χ1n) is 24.0. The molecule has 0 spiro atoms. The molecule has 0 aromatic heterocycles. The molecule has 44 aliphatic carbocycles. The van der Waals surface area contributed by atoms with E-state index in [0.717, 1.165) is 32.1 Å². The number of allylic oxidation sites excluding steroid dienone is 4. The van der Waals surface area contributed by atoms with Crippen LogP contribution in [0.15, 0.2) is 224 Å². The van der Waals surface area contributed by atoms with Crippen molar-refractivity contribution in [1.29, 1.82) is 0 Å². The van der Waals surface area contributed by atoms with Gasteiger partial charge in [0.15, 0.2) is 0 Å². The summed E-state index contributed by atoms with van der Waals surface area (Å²) in [6, 6.07) is 79.3. The van der Waals surface area contributed by atoms with Crippen molar-refractivity contribution in [2.45, 2.75) is 49.9 Å². The standard InChI is InChI=1S/C66H50/c1-2-44-4-3-43(1)49-13-25-55(26-14-49)61-37-63-41-64(38-61)58-31-19-52(20-32-58)46-7-11-48(12-8-46)54-23-35-60(36-24-54)66-40-62(56-27-15-50(44)16-28-56)39-65(42-66)59-33-21-53(22-34-59)47-9-5-45(6-10-47)51-17-29-57(63)30-18-51/h1-7,9-11,13-20,23-33,35-42,46,48,53H,8,12,21-22,34H2. The molecular formula is C66H50. The van der Waals surface area contributed by atoms with Crippen LogP contribution in [0.4, 0.5) is 0 Å². The summed E-state index contributed by atoms with van der Waals surface area (Å²) >= 11 is 0. The molecule has 9 aromatic rings. The normalized spacial score (nSPS) is 17.6. The highest BCUT2D eigenvalue weighted by Gasteiger charge is 2.22. The lowest BCUT2D eigenvalue weighted by atomic mass is 9.80. The van der Waals surface area contributed by atoms with Crippen molar-refractivity contribution in [1.82, 2.24) is 0 Å². The molecule has 0 amide bonds. The third-order valence-corrected chi connectivity index (χ3v) is 15.3. The molecule has 0 heterocycles. The quantitative estimate of drug-likeness (QED) is 0.133. The van der Waals surface area contributed by atoms with E-state index in [-0.39, 0.29) is 0 Å². The van der Waals surface area contributed by atoms with Crippen LogP contribution in [0.3, 0.4) is 0 Å². The van der Waals surface area contributed by atoms with Gasteiger partial charge in [0.25, 0.3) is 0 Å².